The predicted octanol–water partition coefficient (Wildman–Crippen LogP) is 2.31. The van der Waals surface area contributed by atoms with Crippen LogP contribution in [0.15, 0.2) is 22.7 Å². The predicted molar refractivity (Wildman–Crippen MR) is 36.7 cm³/mol. The van der Waals surface area contributed by atoms with Gasteiger partial charge in [-0.1, -0.05) is 0 Å². The quantitative estimate of drug-likeness (QED) is 0.666. The Hall–Kier alpha value is -0.440. The monoisotopic (exact) mass is 192 g/mol. The van der Waals surface area contributed by atoms with Gasteiger partial charge < -0.3 is 0 Å². The number of nitrogens with zero attached hydrogens (tertiary/aromatic N) is 1. The lowest BCUT2D eigenvalue weighted by Gasteiger charge is -1.90. The third kappa shape index (κ3) is 1.75. The van der Waals surface area contributed by atoms with Gasteiger partial charge in [0.1, 0.15) is 6.67 Å². The smallest absolute Gasteiger partial charge is 0.131 e. The lowest BCUT2D eigenvalue weighted by atomic mass is 10.4. The van der Waals surface area contributed by atoms with Crippen molar-refractivity contribution in [2.75, 3.05) is 0 Å². The molecule has 1 aromatic heterocycles. The molecule has 0 saturated carbocycles. The number of aromatic nitrogens is 1. The van der Waals surface area contributed by atoms with Gasteiger partial charge in [-0.25, -0.2) is 4.39 Å². The summed E-state index contributed by atoms with van der Waals surface area (Å²) in [5.74, 6) is 0. The van der Waals surface area contributed by atoms with Crippen molar-refractivity contribution in [2.45, 2.75) is 6.67 Å². The Kier molecular flexibility index (Phi) is 1.19. The third-order valence-electron chi connectivity index (χ3n) is 0.732. The number of halogens is 2. The topological polar surface area (TPSA) is 12.9 Å². The number of hydrogen-bond donors (Lipinski definition) is 0. The lowest BCUT2D eigenvalue weighted by molar-refractivity contribution is 0.476. The molecule has 0 atom stereocenters. The van der Waals surface area contributed by atoms with Gasteiger partial charge in [0.2, 0.25) is 0 Å². The van der Waals surface area contributed by atoms with E-state index in [1.807, 2.05) is 0 Å². The van der Waals surface area contributed by atoms with Gasteiger partial charge >= 0.3 is 0 Å². The van der Waals surface area contributed by atoms with Gasteiger partial charge in [-0.2, -0.15) is 0 Å². The fourth-order valence-electron chi connectivity index (χ4n) is 0.363. The molecule has 0 aliphatic rings. The van der Waals surface area contributed by atoms with E-state index in [1.54, 1.807) is 0 Å². The Bertz CT molecular complexity index is 318. The van der Waals surface area contributed by atoms with E-state index in [0.29, 0.717) is 0 Å². The summed E-state index contributed by atoms with van der Waals surface area (Å²) in [6, 6.07) is -0.456. The maximum Gasteiger partial charge on any atom is 0.131 e. The van der Waals surface area contributed by atoms with Crippen LogP contribution in [0.3, 0.4) is 0 Å². The molecule has 1 aromatic rings. The first-order chi connectivity index (χ1) is 5.57. The van der Waals surface area contributed by atoms with Gasteiger partial charge in [0, 0.05) is 10.6 Å². The number of pyridine rings is 1. The average Bonchev–Trinajstić information content (AvgIpc) is 2.08. The van der Waals surface area contributed by atoms with Crippen molar-refractivity contribution >= 4 is 15.9 Å². The molecule has 0 N–H and O–H groups in total. The van der Waals surface area contributed by atoms with E-state index in [-0.39, 0.29) is 28.4 Å². The summed E-state index contributed by atoms with van der Waals surface area (Å²) >= 11 is 2.91. The second-order valence-corrected chi connectivity index (χ2v) is 2.16. The molecule has 48 valence electrons. The molecule has 0 radical (unpaired) electrons. The molecule has 0 aliphatic carbocycles. The first kappa shape index (κ1) is 3.66. The van der Waals surface area contributed by atoms with Gasteiger partial charge in [0.25, 0.3) is 0 Å². The van der Waals surface area contributed by atoms with Crippen LogP contribution in [0.4, 0.5) is 4.39 Å². The SMILES string of the molecule is [2H]c1nc(CF)c([2H])c([2H])c1Br. The molecular weight excluding hydrogens is 185 g/mol. The van der Waals surface area contributed by atoms with Crippen molar-refractivity contribution in [2.24, 2.45) is 0 Å². The van der Waals surface area contributed by atoms with Crippen LogP contribution in [0.25, 0.3) is 0 Å². The van der Waals surface area contributed by atoms with Crippen LogP contribution >= 0.6 is 15.9 Å². The van der Waals surface area contributed by atoms with E-state index in [9.17, 15) is 4.39 Å². The van der Waals surface area contributed by atoms with Crippen molar-refractivity contribution in [3.63, 3.8) is 0 Å². The summed E-state index contributed by atoms with van der Waals surface area (Å²) in [5.41, 5.74) is -0.159. The van der Waals surface area contributed by atoms with Crippen LogP contribution in [0.1, 0.15) is 9.81 Å². The van der Waals surface area contributed by atoms with Crippen molar-refractivity contribution < 1.29 is 8.50 Å². The zero-order valence-corrected chi connectivity index (χ0v) is 6.00. The van der Waals surface area contributed by atoms with E-state index in [0.717, 1.165) is 0 Å². The first-order valence-corrected chi connectivity index (χ1v) is 3.05. The molecule has 1 heterocycles. The summed E-state index contributed by atoms with van der Waals surface area (Å²) in [4.78, 5) is 3.49. The Morgan fingerprint density at radius 3 is 3.22 bits per heavy atom. The van der Waals surface area contributed by atoms with Gasteiger partial charge in [0.15, 0.2) is 0 Å². The second kappa shape index (κ2) is 2.92. The van der Waals surface area contributed by atoms with E-state index in [2.05, 4.69) is 20.9 Å². The molecule has 0 amide bonds. The van der Waals surface area contributed by atoms with Gasteiger partial charge in [0.05, 0.1) is 9.81 Å². The summed E-state index contributed by atoms with van der Waals surface area (Å²) in [6.45, 7) is -0.913. The molecule has 0 saturated heterocycles. The zero-order chi connectivity index (χ0) is 9.30. The average molecular weight is 193 g/mol. The summed E-state index contributed by atoms with van der Waals surface area (Å²) < 4.78 is 33.9. The number of rotatable bonds is 1. The highest BCUT2D eigenvalue weighted by Gasteiger charge is 1.89. The van der Waals surface area contributed by atoms with Crippen molar-refractivity contribution in [3.05, 3.63) is 28.4 Å². The molecule has 0 bridgehead atoms. The minimum absolute atomic E-state index is 0.129. The Balaban J connectivity index is 3.39. The molecule has 3 heteroatoms. The largest absolute Gasteiger partial charge is 0.257 e. The van der Waals surface area contributed by atoms with Crippen LogP contribution in [-0.2, 0) is 6.67 Å². The lowest BCUT2D eigenvalue weighted by Crippen LogP contribution is -1.82. The number of hydrogen-bond acceptors (Lipinski definition) is 1. The van der Waals surface area contributed by atoms with Crippen molar-refractivity contribution in [1.82, 2.24) is 4.98 Å². The van der Waals surface area contributed by atoms with Gasteiger partial charge in [-0.15, -0.1) is 0 Å². The molecule has 0 unspecified atom stereocenters. The maximum atomic E-state index is 12.1. The van der Waals surface area contributed by atoms with Crippen molar-refractivity contribution in [3.8, 4) is 0 Å². The Morgan fingerprint density at radius 1 is 1.78 bits per heavy atom. The minimum Gasteiger partial charge on any atom is -0.257 e. The first-order valence-electron chi connectivity index (χ1n) is 3.76. The molecule has 1 nitrogen and oxygen atoms in total. The van der Waals surface area contributed by atoms with E-state index < -0.39 is 6.67 Å². The summed E-state index contributed by atoms with van der Waals surface area (Å²) in [5, 5.41) is 0. The number of alkyl halides is 1. The van der Waals surface area contributed by atoms with Crippen LogP contribution < -0.4 is 0 Å². The fraction of sp³-hybridized carbons (Fsp3) is 0.167. The normalized spacial score (nSPS) is 14.2. The third-order valence-corrected chi connectivity index (χ3v) is 1.11. The van der Waals surface area contributed by atoms with Crippen LogP contribution in [-0.4, -0.2) is 4.98 Å². The second-order valence-electron chi connectivity index (χ2n) is 1.37. The Morgan fingerprint density at radius 2 is 2.56 bits per heavy atom. The van der Waals surface area contributed by atoms with E-state index in [1.165, 1.54) is 0 Å². The molecule has 9 heavy (non-hydrogen) atoms. The van der Waals surface area contributed by atoms with Crippen LogP contribution in [0.2, 0.25) is 0 Å². The highest BCUT2D eigenvalue weighted by atomic mass is 79.9. The van der Waals surface area contributed by atoms with Gasteiger partial charge in [-0.3, -0.25) is 4.98 Å². The zero-order valence-electron chi connectivity index (χ0n) is 7.41. The highest BCUT2D eigenvalue weighted by molar-refractivity contribution is 9.10. The Labute approximate surface area is 65.3 Å². The molecule has 0 spiro atoms. The van der Waals surface area contributed by atoms with Crippen molar-refractivity contribution in [1.29, 1.82) is 0 Å². The minimum atomic E-state index is -0.913. The van der Waals surface area contributed by atoms with Gasteiger partial charge in [-0.05, 0) is 28.0 Å². The van der Waals surface area contributed by atoms with Crippen LogP contribution in [0, 0.1) is 0 Å². The standard InChI is InChI=1S/C6H5BrFN/c7-5-1-2-6(3-8)9-4-5/h1-2,4H,3H2/i1D,2D,4D. The van der Waals surface area contributed by atoms with E-state index in [4.69, 9.17) is 4.11 Å². The van der Waals surface area contributed by atoms with E-state index >= 15 is 0 Å². The summed E-state index contributed by atoms with van der Waals surface area (Å²) in [6.07, 6.45) is -0.205. The molecule has 1 rings (SSSR count). The van der Waals surface area contributed by atoms with Crippen LogP contribution in [0.5, 0.6) is 0 Å². The maximum absolute atomic E-state index is 12.1. The molecular formula is C6H5BrFN. The molecule has 0 fully saturated rings. The molecule has 0 aliphatic heterocycles. The summed E-state index contributed by atoms with van der Waals surface area (Å²) in [7, 11) is 0. The highest BCUT2D eigenvalue weighted by Crippen LogP contribution is 2.07. The molecule has 0 aromatic carbocycles. The fourth-order valence-corrected chi connectivity index (χ4v) is 0.551.